The summed E-state index contributed by atoms with van der Waals surface area (Å²) in [4.78, 5) is 37.7. The maximum Gasteiger partial charge on any atom is 0.259 e. The summed E-state index contributed by atoms with van der Waals surface area (Å²) >= 11 is 1.23. The number of fused-ring (bicyclic) bond motifs is 1. The number of hydrazine groups is 1. The highest BCUT2D eigenvalue weighted by atomic mass is 32.2. The van der Waals surface area contributed by atoms with E-state index in [1.165, 1.54) is 80.7 Å². The third kappa shape index (κ3) is 12.7. The van der Waals surface area contributed by atoms with Crippen molar-refractivity contribution in [3.05, 3.63) is 84.4 Å². The summed E-state index contributed by atoms with van der Waals surface area (Å²) in [7, 11) is 0. The Balaban J connectivity index is 1.16. The second kappa shape index (κ2) is 22.7. The molecule has 3 amide bonds. The number of carbonyl (C=O) groups is 3. The molecule has 4 aromatic carbocycles. The minimum atomic E-state index is -0.489. The predicted octanol–water partition coefficient (Wildman–Crippen LogP) is 9.12. The molecule has 13 nitrogen and oxygen atoms in total. The van der Waals surface area contributed by atoms with Gasteiger partial charge >= 0.3 is 0 Å². The lowest BCUT2D eigenvalue weighted by molar-refractivity contribution is -0.116. The van der Waals surface area contributed by atoms with Gasteiger partial charge in [-0.1, -0.05) is 114 Å². The van der Waals surface area contributed by atoms with Gasteiger partial charge in [0, 0.05) is 22.4 Å². The van der Waals surface area contributed by atoms with E-state index in [9.17, 15) is 19.5 Å². The van der Waals surface area contributed by atoms with Crippen LogP contribution in [0.5, 0.6) is 11.5 Å². The van der Waals surface area contributed by atoms with Crippen molar-refractivity contribution in [2.45, 2.75) is 107 Å². The molecule has 14 heteroatoms. The van der Waals surface area contributed by atoms with E-state index < -0.39 is 5.91 Å². The Labute approximate surface area is 332 Å². The number of amides is 3. The first-order chi connectivity index (χ1) is 27.5. The quantitative estimate of drug-likeness (QED) is 0.0218. The number of nitrogens with one attached hydrogen (secondary N) is 4. The summed E-state index contributed by atoms with van der Waals surface area (Å²) < 4.78 is 7.64. The number of aromatic nitrogens is 4. The minimum Gasteiger partial charge on any atom is -0.506 e. The second-order valence-electron chi connectivity index (χ2n) is 13.6. The zero-order chi connectivity index (χ0) is 39.4. The third-order valence-electron chi connectivity index (χ3n) is 9.31. The van der Waals surface area contributed by atoms with E-state index >= 15 is 0 Å². The molecule has 0 saturated carbocycles. The number of unbranched alkanes of at least 4 members (excludes halogenated alkanes) is 11. The van der Waals surface area contributed by atoms with Crippen LogP contribution in [0.25, 0.3) is 10.8 Å². The lowest BCUT2D eigenvalue weighted by Gasteiger charge is -2.15. The summed E-state index contributed by atoms with van der Waals surface area (Å²) in [5.41, 5.74) is 6.91. The molecule has 1 heterocycles. The maximum atomic E-state index is 13.8. The highest BCUT2D eigenvalue weighted by molar-refractivity contribution is 7.99. The van der Waals surface area contributed by atoms with Gasteiger partial charge < -0.3 is 20.5 Å². The number of nitrogens with zero attached hydrogens (tertiary/aromatic N) is 4. The van der Waals surface area contributed by atoms with Crippen LogP contribution < -0.4 is 26.2 Å². The van der Waals surface area contributed by atoms with E-state index in [-0.39, 0.29) is 30.2 Å². The van der Waals surface area contributed by atoms with Gasteiger partial charge in [-0.25, -0.2) is 4.68 Å². The molecule has 0 atom stereocenters. The third-order valence-corrected chi connectivity index (χ3v) is 10.3. The van der Waals surface area contributed by atoms with E-state index in [4.69, 9.17) is 4.74 Å². The Morgan fingerprint density at radius 1 is 0.804 bits per heavy atom. The molecule has 0 bridgehead atoms. The smallest absolute Gasteiger partial charge is 0.259 e. The van der Waals surface area contributed by atoms with Crippen molar-refractivity contribution in [1.29, 1.82) is 0 Å². The lowest BCUT2D eigenvalue weighted by atomic mass is 10.0. The maximum absolute atomic E-state index is 13.8. The second-order valence-corrected chi connectivity index (χ2v) is 14.6. The number of tetrazole rings is 1. The van der Waals surface area contributed by atoms with E-state index in [1.54, 1.807) is 48.5 Å². The molecule has 1 aromatic heterocycles. The molecule has 0 fully saturated rings. The predicted molar refractivity (Wildman–Crippen MR) is 221 cm³/mol. The van der Waals surface area contributed by atoms with Crippen LogP contribution >= 0.6 is 11.8 Å². The van der Waals surface area contributed by atoms with Crippen molar-refractivity contribution < 1.29 is 24.2 Å². The number of aromatic hydroxyl groups is 1. The van der Waals surface area contributed by atoms with Gasteiger partial charge in [-0.15, -0.1) is 5.10 Å². The number of rotatable bonds is 25. The molecule has 0 aliphatic carbocycles. The first-order valence-corrected chi connectivity index (χ1v) is 20.4. The highest BCUT2D eigenvalue weighted by Gasteiger charge is 2.21. The largest absolute Gasteiger partial charge is 0.506 e. The molecule has 5 rings (SSSR count). The molecular weight excluding hydrogens is 729 g/mol. The number of carbonyl (C=O) groups excluding carboxylic acids is 3. The monoisotopic (exact) mass is 780 g/mol. The molecule has 0 radical (unpaired) electrons. The lowest BCUT2D eigenvalue weighted by Crippen LogP contribution is -2.19. The average molecular weight is 781 g/mol. The summed E-state index contributed by atoms with van der Waals surface area (Å²) in [5, 5.41) is 30.8. The first-order valence-electron chi connectivity index (χ1n) is 19.5. The van der Waals surface area contributed by atoms with Crippen LogP contribution in [0.15, 0.2) is 88.9 Å². The fourth-order valence-electron chi connectivity index (χ4n) is 6.28. The van der Waals surface area contributed by atoms with Gasteiger partial charge in [-0.3, -0.25) is 25.2 Å². The number of para-hydroxylation sites is 2. The molecule has 5 aromatic rings. The van der Waals surface area contributed by atoms with Crippen molar-refractivity contribution in [3.63, 3.8) is 0 Å². The van der Waals surface area contributed by atoms with E-state index in [0.29, 0.717) is 56.7 Å². The molecule has 0 aliphatic rings. The van der Waals surface area contributed by atoms with Crippen LogP contribution in [-0.2, 0) is 16.1 Å². The molecule has 296 valence electrons. The average Bonchev–Trinajstić information content (AvgIpc) is 3.66. The standard InChI is InChI=1S/C42H52N8O5S/c1-2-3-4-5-6-7-8-9-10-11-12-17-28-55-37-21-16-15-20-36(37)45-41(54)35-29-38(33-18-13-14-19-34(33)40(35)53)56-42-47-48-49-50(42)27-26-39(52)44-31-22-24-32(25-23-31)46-43-30-51/h13-16,18-25,29-30,46,53H,2-12,17,26-28H2,1H3,(H,43,51)(H,44,52)(H,45,54). The van der Waals surface area contributed by atoms with Gasteiger partial charge in [0.15, 0.2) is 0 Å². The molecule has 0 unspecified atom stereocenters. The van der Waals surface area contributed by atoms with Gasteiger partial charge in [0.2, 0.25) is 17.5 Å². The van der Waals surface area contributed by atoms with Crippen LogP contribution in [0.2, 0.25) is 0 Å². The molecule has 56 heavy (non-hydrogen) atoms. The summed E-state index contributed by atoms with van der Waals surface area (Å²) in [6.07, 6.45) is 15.8. The number of phenols is 1. The molecular formula is C42H52N8O5S. The van der Waals surface area contributed by atoms with Gasteiger partial charge in [-0.05, 0) is 76.5 Å². The highest BCUT2D eigenvalue weighted by Crippen LogP contribution is 2.39. The van der Waals surface area contributed by atoms with Gasteiger partial charge in [0.1, 0.15) is 11.5 Å². The Morgan fingerprint density at radius 2 is 1.45 bits per heavy atom. The van der Waals surface area contributed by atoms with Crippen molar-refractivity contribution in [2.24, 2.45) is 0 Å². The first kappa shape index (κ1) is 41.5. The molecule has 0 spiro atoms. The zero-order valence-corrected chi connectivity index (χ0v) is 32.8. The number of aryl methyl sites for hydroxylation is 1. The Hall–Kier alpha value is -5.63. The van der Waals surface area contributed by atoms with E-state index in [1.807, 2.05) is 30.3 Å². The summed E-state index contributed by atoms with van der Waals surface area (Å²) in [6.45, 7) is 3.00. The van der Waals surface area contributed by atoms with Crippen molar-refractivity contribution in [1.82, 2.24) is 25.6 Å². The minimum absolute atomic E-state index is 0.0866. The Kier molecular flexibility index (Phi) is 16.8. The number of benzene rings is 4. The number of ether oxygens (including phenoxy) is 1. The fraction of sp³-hybridized carbons (Fsp3) is 0.381. The fourth-order valence-corrected chi connectivity index (χ4v) is 7.26. The van der Waals surface area contributed by atoms with Gasteiger partial charge in [0.25, 0.3) is 5.91 Å². The van der Waals surface area contributed by atoms with Crippen LogP contribution in [0.3, 0.4) is 0 Å². The number of phenolic OH excluding ortho intramolecular Hbond substituents is 1. The number of hydrogen-bond acceptors (Lipinski definition) is 10. The topological polar surface area (TPSA) is 172 Å². The van der Waals surface area contributed by atoms with Crippen LogP contribution in [-0.4, -0.2) is 50.1 Å². The number of anilines is 3. The van der Waals surface area contributed by atoms with Gasteiger partial charge in [0.05, 0.1) is 30.1 Å². The van der Waals surface area contributed by atoms with Crippen molar-refractivity contribution in [2.75, 3.05) is 22.7 Å². The van der Waals surface area contributed by atoms with Crippen molar-refractivity contribution in [3.8, 4) is 11.5 Å². The Bertz CT molecular complexity index is 2010. The normalized spacial score (nSPS) is 10.9. The molecule has 0 aliphatic heterocycles. The van der Waals surface area contributed by atoms with E-state index in [0.717, 1.165) is 12.8 Å². The van der Waals surface area contributed by atoms with Crippen molar-refractivity contribution >= 4 is 57.8 Å². The number of hydrogen-bond donors (Lipinski definition) is 5. The van der Waals surface area contributed by atoms with Gasteiger partial charge in [-0.2, -0.15) is 0 Å². The Morgan fingerprint density at radius 3 is 2.16 bits per heavy atom. The SMILES string of the molecule is CCCCCCCCCCCCCCOc1ccccc1NC(=O)c1cc(Sc2nnnn2CCC(=O)Nc2ccc(NNC=O)cc2)c2ccccc2c1O. The van der Waals surface area contributed by atoms with Crippen LogP contribution in [0.1, 0.15) is 101 Å². The molecule has 0 saturated heterocycles. The van der Waals surface area contributed by atoms with Crippen LogP contribution in [0.4, 0.5) is 17.1 Å². The van der Waals surface area contributed by atoms with E-state index in [2.05, 4.69) is 43.9 Å². The summed E-state index contributed by atoms with van der Waals surface area (Å²) in [5.74, 6) is -0.299. The zero-order valence-electron chi connectivity index (χ0n) is 32.0. The molecule has 5 N–H and O–H groups in total. The summed E-state index contributed by atoms with van der Waals surface area (Å²) in [6, 6.07) is 23.1. The van der Waals surface area contributed by atoms with Crippen LogP contribution in [0, 0.1) is 0 Å².